The Morgan fingerprint density at radius 2 is 1.88 bits per heavy atom. The average molecular weight is 343 g/mol. The summed E-state index contributed by atoms with van der Waals surface area (Å²) in [6, 6.07) is 3.28. The molecule has 1 amide bonds. The predicted molar refractivity (Wildman–Crippen MR) is 71.4 cm³/mol. The van der Waals surface area contributed by atoms with E-state index in [9.17, 15) is 4.79 Å². The van der Waals surface area contributed by atoms with Crippen LogP contribution in [0.25, 0.3) is 0 Å². The molecule has 0 fully saturated rings. The van der Waals surface area contributed by atoms with E-state index in [-0.39, 0.29) is 0 Å². The van der Waals surface area contributed by atoms with E-state index in [1.54, 1.807) is 12.1 Å². The summed E-state index contributed by atoms with van der Waals surface area (Å²) in [7, 11) is 3.01. The predicted octanol–water partition coefficient (Wildman–Crippen LogP) is 3.21. The van der Waals surface area contributed by atoms with Gasteiger partial charge in [0.2, 0.25) is 0 Å². The fraction of sp³-hybridized carbons (Fsp3) is 0.300. The van der Waals surface area contributed by atoms with E-state index < -0.39 is 10.7 Å². The van der Waals surface area contributed by atoms with Gasteiger partial charge in [-0.05, 0) is 15.9 Å². The zero-order valence-corrected chi connectivity index (χ0v) is 12.2. The van der Waals surface area contributed by atoms with Crippen molar-refractivity contribution in [3.63, 3.8) is 0 Å². The number of hydrogen-bond donors (Lipinski definition) is 1. The Kier molecular flexibility index (Phi) is 5.36. The first-order valence-electron chi connectivity index (χ1n) is 4.50. The van der Waals surface area contributed by atoms with Crippen LogP contribution in [0.3, 0.4) is 0 Å². The third kappa shape index (κ3) is 3.66. The number of nitrogens with one attached hydrogen (secondary N) is 1. The fourth-order valence-electron chi connectivity index (χ4n) is 1.15. The van der Waals surface area contributed by atoms with Crippen molar-refractivity contribution in [3.05, 3.63) is 16.6 Å². The van der Waals surface area contributed by atoms with Gasteiger partial charge in [-0.1, -0.05) is 23.2 Å². The lowest BCUT2D eigenvalue weighted by Gasteiger charge is -2.13. The van der Waals surface area contributed by atoms with Gasteiger partial charge in [0.15, 0.2) is 4.84 Å². The number of methoxy groups -OCH3 is 2. The standard InChI is InChI=1S/C10H10BrCl2NO3/c1-16-7-4-6(14-10(15)9(12)13)8(17-2)3-5(7)11/h3-4,9H,1-2H3,(H,14,15). The molecule has 0 saturated carbocycles. The van der Waals surface area contributed by atoms with Gasteiger partial charge in [-0.3, -0.25) is 4.79 Å². The summed E-state index contributed by atoms with van der Waals surface area (Å²) in [4.78, 5) is 10.2. The van der Waals surface area contributed by atoms with Gasteiger partial charge >= 0.3 is 0 Å². The molecule has 0 aliphatic heterocycles. The van der Waals surface area contributed by atoms with Crippen molar-refractivity contribution in [2.75, 3.05) is 19.5 Å². The van der Waals surface area contributed by atoms with Gasteiger partial charge in [0.25, 0.3) is 5.91 Å². The van der Waals surface area contributed by atoms with Crippen LogP contribution in [0.15, 0.2) is 16.6 Å². The Balaban J connectivity index is 3.08. The van der Waals surface area contributed by atoms with Crippen molar-refractivity contribution in [1.82, 2.24) is 0 Å². The summed E-state index contributed by atoms with van der Waals surface area (Å²) in [5, 5.41) is 2.53. The van der Waals surface area contributed by atoms with Gasteiger partial charge in [-0.2, -0.15) is 0 Å². The molecule has 94 valence electrons. The third-order valence-electron chi connectivity index (χ3n) is 1.93. The molecule has 1 N–H and O–H groups in total. The lowest BCUT2D eigenvalue weighted by Crippen LogP contribution is -2.19. The highest BCUT2D eigenvalue weighted by Crippen LogP contribution is 2.36. The van der Waals surface area contributed by atoms with Crippen molar-refractivity contribution >= 4 is 50.7 Å². The van der Waals surface area contributed by atoms with Crippen molar-refractivity contribution in [1.29, 1.82) is 0 Å². The summed E-state index contributed by atoms with van der Waals surface area (Å²) in [5.74, 6) is 0.498. The Bertz CT molecular complexity index is 426. The maximum absolute atomic E-state index is 11.4. The SMILES string of the molecule is COc1cc(NC(=O)C(Cl)Cl)c(OC)cc1Br. The van der Waals surface area contributed by atoms with E-state index in [1.165, 1.54) is 14.2 Å². The summed E-state index contributed by atoms with van der Waals surface area (Å²) in [6.07, 6.45) is 0. The number of carbonyl (C=O) groups excluding carboxylic acids is 1. The normalized spacial score (nSPS) is 10.2. The van der Waals surface area contributed by atoms with Gasteiger partial charge in [0.1, 0.15) is 11.5 Å². The first-order valence-corrected chi connectivity index (χ1v) is 6.16. The molecule has 0 aromatic heterocycles. The molecule has 1 rings (SSSR count). The molecule has 1 aromatic rings. The monoisotopic (exact) mass is 341 g/mol. The maximum Gasteiger partial charge on any atom is 0.257 e. The van der Waals surface area contributed by atoms with Crippen molar-refractivity contribution in [3.8, 4) is 11.5 Å². The molecule has 0 radical (unpaired) electrons. The van der Waals surface area contributed by atoms with Crippen molar-refractivity contribution < 1.29 is 14.3 Å². The Labute approximate surface area is 117 Å². The summed E-state index contributed by atoms with van der Waals surface area (Å²) < 4.78 is 10.9. The van der Waals surface area contributed by atoms with Crippen LogP contribution in [-0.2, 0) is 4.79 Å². The van der Waals surface area contributed by atoms with Crippen LogP contribution in [0.2, 0.25) is 0 Å². The highest BCUT2D eigenvalue weighted by atomic mass is 79.9. The minimum Gasteiger partial charge on any atom is -0.495 e. The summed E-state index contributed by atoms with van der Waals surface area (Å²) in [5.41, 5.74) is 0.434. The number of carbonyl (C=O) groups is 1. The molecule has 0 aliphatic rings. The van der Waals surface area contributed by atoms with Crippen molar-refractivity contribution in [2.24, 2.45) is 0 Å². The van der Waals surface area contributed by atoms with E-state index >= 15 is 0 Å². The molecule has 7 heteroatoms. The van der Waals surface area contributed by atoms with Crippen LogP contribution < -0.4 is 14.8 Å². The van der Waals surface area contributed by atoms with Crippen LogP contribution in [0.5, 0.6) is 11.5 Å². The number of halogens is 3. The largest absolute Gasteiger partial charge is 0.495 e. The van der Waals surface area contributed by atoms with Gasteiger partial charge in [-0.25, -0.2) is 0 Å². The van der Waals surface area contributed by atoms with E-state index in [4.69, 9.17) is 32.7 Å². The van der Waals surface area contributed by atoms with Gasteiger partial charge in [-0.15, -0.1) is 0 Å². The molecule has 0 atom stereocenters. The van der Waals surface area contributed by atoms with Crippen LogP contribution in [0, 0.1) is 0 Å². The highest BCUT2D eigenvalue weighted by Gasteiger charge is 2.16. The Morgan fingerprint density at radius 3 is 2.35 bits per heavy atom. The van der Waals surface area contributed by atoms with Crippen molar-refractivity contribution in [2.45, 2.75) is 4.84 Å². The molecular formula is C10H10BrCl2NO3. The number of anilines is 1. The maximum atomic E-state index is 11.4. The molecule has 1 aromatic carbocycles. The first kappa shape index (κ1) is 14.4. The number of ether oxygens (including phenoxy) is 2. The number of hydrogen-bond acceptors (Lipinski definition) is 3. The number of alkyl halides is 2. The molecular weight excluding hydrogens is 333 g/mol. The lowest BCUT2D eigenvalue weighted by atomic mass is 10.2. The smallest absolute Gasteiger partial charge is 0.257 e. The van der Waals surface area contributed by atoms with Gasteiger partial charge in [0.05, 0.1) is 24.4 Å². The number of benzene rings is 1. The molecule has 4 nitrogen and oxygen atoms in total. The van der Waals surface area contributed by atoms with E-state index in [2.05, 4.69) is 21.2 Å². The number of rotatable bonds is 4. The van der Waals surface area contributed by atoms with Crippen LogP contribution >= 0.6 is 39.1 Å². The Morgan fingerprint density at radius 1 is 1.29 bits per heavy atom. The average Bonchev–Trinajstić information content (AvgIpc) is 2.30. The zero-order valence-electron chi connectivity index (χ0n) is 9.09. The summed E-state index contributed by atoms with van der Waals surface area (Å²) in [6.45, 7) is 0. The Hall–Kier alpha value is -0.650. The lowest BCUT2D eigenvalue weighted by molar-refractivity contribution is -0.114. The first-order chi connectivity index (χ1) is 7.99. The molecule has 0 saturated heterocycles. The second-order valence-electron chi connectivity index (χ2n) is 2.98. The minimum atomic E-state index is -1.14. The molecule has 0 aliphatic carbocycles. The molecule has 0 bridgehead atoms. The fourth-order valence-corrected chi connectivity index (χ4v) is 1.74. The second kappa shape index (κ2) is 6.33. The van der Waals surface area contributed by atoms with Gasteiger partial charge in [0, 0.05) is 12.1 Å². The van der Waals surface area contributed by atoms with E-state index in [0.29, 0.717) is 21.7 Å². The summed E-state index contributed by atoms with van der Waals surface area (Å²) >= 11 is 14.2. The molecule has 0 heterocycles. The topological polar surface area (TPSA) is 47.6 Å². The second-order valence-corrected chi connectivity index (χ2v) is 4.93. The van der Waals surface area contributed by atoms with Crippen LogP contribution in [0.1, 0.15) is 0 Å². The van der Waals surface area contributed by atoms with Crippen LogP contribution in [-0.4, -0.2) is 25.0 Å². The number of amides is 1. The van der Waals surface area contributed by atoms with E-state index in [1.807, 2.05) is 0 Å². The third-order valence-corrected chi connectivity index (χ3v) is 2.95. The highest BCUT2D eigenvalue weighted by molar-refractivity contribution is 9.10. The minimum absolute atomic E-state index is 0.434. The molecule has 0 unspecified atom stereocenters. The van der Waals surface area contributed by atoms with Crippen LogP contribution in [0.4, 0.5) is 5.69 Å². The zero-order chi connectivity index (χ0) is 13.0. The van der Waals surface area contributed by atoms with E-state index in [0.717, 1.165) is 0 Å². The molecule has 0 spiro atoms. The van der Waals surface area contributed by atoms with Gasteiger partial charge < -0.3 is 14.8 Å². The quantitative estimate of drug-likeness (QED) is 0.855. The molecule has 17 heavy (non-hydrogen) atoms.